The van der Waals surface area contributed by atoms with Crippen LogP contribution >= 0.6 is 0 Å². The molecular weight excluding hydrogens is 242 g/mol. The van der Waals surface area contributed by atoms with E-state index in [2.05, 4.69) is 5.32 Å². The fourth-order valence-corrected chi connectivity index (χ4v) is 1.52. The van der Waals surface area contributed by atoms with Crippen LogP contribution in [0.15, 0.2) is 18.2 Å². The van der Waals surface area contributed by atoms with Crippen LogP contribution in [-0.4, -0.2) is 32.1 Å². The Kier molecular flexibility index (Phi) is 4.64. The summed E-state index contributed by atoms with van der Waals surface area (Å²) in [5.41, 5.74) is 7.06. The van der Waals surface area contributed by atoms with Crippen LogP contribution < -0.4 is 20.7 Å². The van der Waals surface area contributed by atoms with E-state index in [4.69, 9.17) is 10.5 Å². The minimum Gasteiger partial charge on any atom is -0.482 e. The number of carbonyl (C=O) groups is 1. The number of anilines is 2. The lowest BCUT2D eigenvalue weighted by molar-refractivity contribution is -0.124. The molecule has 0 aliphatic carbocycles. The van der Waals surface area contributed by atoms with Crippen molar-refractivity contribution in [2.75, 3.05) is 31.3 Å². The molecule has 3 N–H and O–H groups in total. The van der Waals surface area contributed by atoms with E-state index in [1.165, 1.54) is 0 Å². The minimum atomic E-state index is -0.266. The number of rotatable bonds is 4. The number of hydrogen-bond acceptors (Lipinski definition) is 4. The van der Waals surface area contributed by atoms with Gasteiger partial charge in [0.1, 0.15) is 5.75 Å². The van der Waals surface area contributed by atoms with Crippen LogP contribution in [0.1, 0.15) is 20.8 Å². The van der Waals surface area contributed by atoms with Crippen LogP contribution in [0.4, 0.5) is 11.4 Å². The highest BCUT2D eigenvalue weighted by atomic mass is 16.5. The van der Waals surface area contributed by atoms with Gasteiger partial charge in [-0.25, -0.2) is 0 Å². The van der Waals surface area contributed by atoms with Gasteiger partial charge in [0.25, 0.3) is 5.91 Å². The lowest BCUT2D eigenvalue weighted by atomic mass is 10.1. The summed E-state index contributed by atoms with van der Waals surface area (Å²) in [6.07, 6.45) is 0. The molecule has 1 rings (SSSR count). The first-order valence-electron chi connectivity index (χ1n) is 6.20. The molecule has 0 aliphatic rings. The molecule has 19 heavy (non-hydrogen) atoms. The van der Waals surface area contributed by atoms with Crippen molar-refractivity contribution in [1.82, 2.24) is 5.32 Å². The van der Waals surface area contributed by atoms with Gasteiger partial charge in [-0.15, -0.1) is 0 Å². The highest BCUT2D eigenvalue weighted by Crippen LogP contribution is 2.26. The SMILES string of the molecule is CN(C)c1ccc(N)c(OCC(=O)NC(C)(C)C)c1. The number of ether oxygens (including phenoxy) is 1. The zero-order chi connectivity index (χ0) is 14.6. The van der Waals surface area contributed by atoms with Gasteiger partial charge in [-0.1, -0.05) is 0 Å². The number of amides is 1. The molecule has 0 aliphatic heterocycles. The van der Waals surface area contributed by atoms with E-state index in [0.29, 0.717) is 11.4 Å². The van der Waals surface area contributed by atoms with Gasteiger partial charge >= 0.3 is 0 Å². The number of nitrogens with two attached hydrogens (primary N) is 1. The Morgan fingerprint density at radius 1 is 1.37 bits per heavy atom. The predicted octanol–water partition coefficient (Wildman–Crippen LogP) is 1.63. The number of nitrogens with one attached hydrogen (secondary N) is 1. The Morgan fingerprint density at radius 2 is 2.00 bits per heavy atom. The molecule has 0 spiro atoms. The molecule has 0 aromatic heterocycles. The summed E-state index contributed by atoms with van der Waals surface area (Å²) in [4.78, 5) is 13.6. The Labute approximate surface area is 114 Å². The first-order valence-corrected chi connectivity index (χ1v) is 6.20. The zero-order valence-electron chi connectivity index (χ0n) is 12.3. The first kappa shape index (κ1) is 15.1. The molecule has 0 heterocycles. The normalized spacial score (nSPS) is 11.0. The van der Waals surface area contributed by atoms with Crippen molar-refractivity contribution in [3.63, 3.8) is 0 Å². The molecule has 5 heteroatoms. The minimum absolute atomic E-state index is 0.0433. The Bertz CT molecular complexity index is 450. The number of benzene rings is 1. The number of nitrogens with zero attached hydrogens (tertiary/aromatic N) is 1. The molecule has 1 aromatic carbocycles. The molecule has 1 amide bonds. The number of nitrogen functional groups attached to an aromatic ring is 1. The lowest BCUT2D eigenvalue weighted by Gasteiger charge is -2.21. The number of hydrogen-bond donors (Lipinski definition) is 2. The maximum Gasteiger partial charge on any atom is 0.258 e. The molecule has 0 bridgehead atoms. The van der Waals surface area contributed by atoms with Gasteiger partial charge in [-0.05, 0) is 32.9 Å². The molecule has 0 atom stereocenters. The quantitative estimate of drug-likeness (QED) is 0.812. The topological polar surface area (TPSA) is 67.6 Å². The van der Waals surface area contributed by atoms with Crippen molar-refractivity contribution in [2.45, 2.75) is 26.3 Å². The third-order valence-corrected chi connectivity index (χ3v) is 2.39. The largest absolute Gasteiger partial charge is 0.482 e. The van der Waals surface area contributed by atoms with Crippen molar-refractivity contribution in [1.29, 1.82) is 0 Å². The summed E-state index contributed by atoms with van der Waals surface area (Å²) in [7, 11) is 3.86. The van der Waals surface area contributed by atoms with E-state index in [1.807, 2.05) is 51.9 Å². The number of carbonyl (C=O) groups excluding carboxylic acids is 1. The summed E-state index contributed by atoms with van der Waals surface area (Å²) in [6.45, 7) is 5.72. The van der Waals surface area contributed by atoms with Gasteiger partial charge in [-0.3, -0.25) is 4.79 Å². The van der Waals surface area contributed by atoms with Crippen molar-refractivity contribution in [3.05, 3.63) is 18.2 Å². The van der Waals surface area contributed by atoms with E-state index in [1.54, 1.807) is 6.07 Å². The fourth-order valence-electron chi connectivity index (χ4n) is 1.52. The molecule has 5 nitrogen and oxygen atoms in total. The smallest absolute Gasteiger partial charge is 0.258 e. The summed E-state index contributed by atoms with van der Waals surface area (Å²) in [5, 5.41) is 2.83. The van der Waals surface area contributed by atoms with E-state index in [-0.39, 0.29) is 18.1 Å². The second-order valence-electron chi connectivity index (χ2n) is 5.70. The highest BCUT2D eigenvalue weighted by Gasteiger charge is 2.14. The van der Waals surface area contributed by atoms with Crippen LogP contribution in [0.25, 0.3) is 0 Å². The Hall–Kier alpha value is -1.91. The van der Waals surface area contributed by atoms with E-state index < -0.39 is 0 Å². The van der Waals surface area contributed by atoms with Crippen LogP contribution in [0.3, 0.4) is 0 Å². The van der Waals surface area contributed by atoms with E-state index >= 15 is 0 Å². The van der Waals surface area contributed by atoms with Gasteiger partial charge < -0.3 is 20.7 Å². The van der Waals surface area contributed by atoms with Crippen molar-refractivity contribution < 1.29 is 9.53 Å². The molecule has 0 radical (unpaired) electrons. The first-order chi connectivity index (χ1) is 8.69. The third-order valence-electron chi connectivity index (χ3n) is 2.39. The third kappa shape index (κ3) is 5.07. The summed E-state index contributed by atoms with van der Waals surface area (Å²) < 4.78 is 5.47. The molecular formula is C14H23N3O2. The molecule has 0 unspecified atom stereocenters. The highest BCUT2D eigenvalue weighted by molar-refractivity contribution is 5.78. The standard InChI is InChI=1S/C14H23N3O2/c1-14(2,3)16-13(18)9-19-12-8-10(17(4)5)6-7-11(12)15/h6-8H,9,15H2,1-5H3,(H,16,18). The van der Waals surface area contributed by atoms with Gasteiger partial charge in [0, 0.05) is 31.4 Å². The second kappa shape index (κ2) is 5.82. The van der Waals surface area contributed by atoms with Crippen LogP contribution in [0.5, 0.6) is 5.75 Å². The van der Waals surface area contributed by atoms with Gasteiger partial charge in [-0.2, -0.15) is 0 Å². The van der Waals surface area contributed by atoms with Gasteiger partial charge in [0.15, 0.2) is 6.61 Å². The maximum atomic E-state index is 11.7. The molecule has 0 saturated carbocycles. The Morgan fingerprint density at radius 3 is 2.53 bits per heavy atom. The van der Waals surface area contributed by atoms with E-state index in [0.717, 1.165) is 5.69 Å². The van der Waals surface area contributed by atoms with Crippen LogP contribution in [0, 0.1) is 0 Å². The molecule has 106 valence electrons. The monoisotopic (exact) mass is 265 g/mol. The van der Waals surface area contributed by atoms with E-state index in [9.17, 15) is 4.79 Å². The Balaban J connectivity index is 2.67. The molecule has 0 saturated heterocycles. The summed E-state index contributed by atoms with van der Waals surface area (Å²) in [6, 6.07) is 5.49. The van der Waals surface area contributed by atoms with Gasteiger partial charge in [0.2, 0.25) is 0 Å². The predicted molar refractivity (Wildman–Crippen MR) is 78.6 cm³/mol. The average Bonchev–Trinajstić information content (AvgIpc) is 2.25. The van der Waals surface area contributed by atoms with Crippen molar-refractivity contribution in [2.24, 2.45) is 0 Å². The molecule has 0 fully saturated rings. The average molecular weight is 265 g/mol. The fraction of sp³-hybridized carbons (Fsp3) is 0.500. The zero-order valence-corrected chi connectivity index (χ0v) is 12.3. The summed E-state index contributed by atoms with van der Waals surface area (Å²) in [5.74, 6) is 0.359. The van der Waals surface area contributed by atoms with Crippen molar-refractivity contribution in [3.8, 4) is 5.75 Å². The molecule has 1 aromatic rings. The van der Waals surface area contributed by atoms with Crippen molar-refractivity contribution >= 4 is 17.3 Å². The maximum absolute atomic E-state index is 11.7. The lowest BCUT2D eigenvalue weighted by Crippen LogP contribution is -2.43. The van der Waals surface area contributed by atoms with Gasteiger partial charge in [0.05, 0.1) is 5.69 Å². The van der Waals surface area contributed by atoms with Crippen LogP contribution in [0.2, 0.25) is 0 Å². The summed E-state index contributed by atoms with van der Waals surface area (Å²) >= 11 is 0. The second-order valence-corrected chi connectivity index (χ2v) is 5.70. The van der Waals surface area contributed by atoms with Crippen LogP contribution in [-0.2, 0) is 4.79 Å².